The largest absolute Gasteiger partial charge is 0.469 e. The average molecular weight is 277 g/mol. The first-order valence-corrected chi connectivity index (χ1v) is 6.96. The molecule has 0 fully saturated rings. The number of carbonyl (C=O) groups excluding carboxylic acids is 2. The highest BCUT2D eigenvalue weighted by molar-refractivity contribution is 8.00. The lowest BCUT2D eigenvalue weighted by molar-refractivity contribution is -0.143. The minimum absolute atomic E-state index is 0.0598. The number of ether oxygens (including phenoxy) is 2. The van der Waals surface area contributed by atoms with E-state index in [1.54, 1.807) is 11.8 Å². The van der Waals surface area contributed by atoms with Crippen molar-refractivity contribution in [3.8, 4) is 0 Å². The predicted octanol–water partition coefficient (Wildman–Crippen LogP) is 1.34. The molecule has 0 amide bonds. The second-order valence-electron chi connectivity index (χ2n) is 4.44. The Morgan fingerprint density at radius 3 is 2.44 bits per heavy atom. The Balaban J connectivity index is 3.78. The number of methoxy groups -OCH3 is 1. The highest BCUT2D eigenvalue weighted by Gasteiger charge is 2.20. The number of nitrogens with two attached hydrogens (primary N) is 1. The minimum atomic E-state index is -0.220. The van der Waals surface area contributed by atoms with Gasteiger partial charge in [-0.05, 0) is 6.42 Å². The van der Waals surface area contributed by atoms with Crippen LogP contribution in [0.25, 0.3) is 0 Å². The quantitative estimate of drug-likeness (QED) is 0.641. The summed E-state index contributed by atoms with van der Waals surface area (Å²) < 4.78 is 9.41. The van der Waals surface area contributed by atoms with Crippen molar-refractivity contribution in [3.63, 3.8) is 0 Å². The van der Waals surface area contributed by atoms with Crippen LogP contribution in [0.4, 0.5) is 0 Å². The Hall–Kier alpha value is -0.750. The van der Waals surface area contributed by atoms with Gasteiger partial charge in [-0.25, -0.2) is 0 Å². The molecule has 0 radical (unpaired) electrons. The maximum atomic E-state index is 11.3. The van der Waals surface area contributed by atoms with Gasteiger partial charge in [-0.1, -0.05) is 13.8 Å². The van der Waals surface area contributed by atoms with E-state index in [9.17, 15) is 9.59 Å². The van der Waals surface area contributed by atoms with E-state index in [-0.39, 0.29) is 23.3 Å². The van der Waals surface area contributed by atoms with E-state index >= 15 is 0 Å². The van der Waals surface area contributed by atoms with Gasteiger partial charge in [-0.3, -0.25) is 9.59 Å². The number of carbonyl (C=O) groups is 2. The summed E-state index contributed by atoms with van der Waals surface area (Å²) in [7, 11) is 1.38. The molecular formula is C12H23NO4S. The molecule has 0 saturated heterocycles. The maximum Gasteiger partial charge on any atom is 0.306 e. The lowest BCUT2D eigenvalue weighted by Crippen LogP contribution is -2.20. The summed E-state index contributed by atoms with van der Waals surface area (Å²) >= 11 is 1.65. The SMILES string of the molecule is COC(=O)CCSC(C)(C)CCC(=O)OCCN. The summed E-state index contributed by atoms with van der Waals surface area (Å²) in [4.78, 5) is 22.3. The van der Waals surface area contributed by atoms with Crippen molar-refractivity contribution in [2.75, 3.05) is 26.0 Å². The maximum absolute atomic E-state index is 11.3. The fraction of sp³-hybridized carbons (Fsp3) is 0.833. The second-order valence-corrected chi connectivity index (χ2v) is 6.25. The van der Waals surface area contributed by atoms with Gasteiger partial charge in [0.1, 0.15) is 6.61 Å². The molecule has 0 spiro atoms. The minimum Gasteiger partial charge on any atom is -0.469 e. The Kier molecular flexibility index (Phi) is 8.83. The van der Waals surface area contributed by atoms with Crippen LogP contribution in [0.15, 0.2) is 0 Å². The first-order chi connectivity index (χ1) is 8.41. The van der Waals surface area contributed by atoms with Crippen LogP contribution in [-0.4, -0.2) is 42.7 Å². The third-order valence-corrected chi connectivity index (χ3v) is 3.73. The standard InChI is InChI=1S/C12H23NO4S/c1-12(2,18-9-5-10(14)16-3)6-4-11(15)17-8-7-13/h4-9,13H2,1-3H3. The molecular weight excluding hydrogens is 254 g/mol. The van der Waals surface area contributed by atoms with Crippen molar-refractivity contribution < 1.29 is 19.1 Å². The normalized spacial score (nSPS) is 11.1. The Labute approximate surface area is 113 Å². The molecule has 18 heavy (non-hydrogen) atoms. The summed E-state index contributed by atoms with van der Waals surface area (Å²) in [6.45, 7) is 4.72. The zero-order valence-corrected chi connectivity index (χ0v) is 12.2. The number of esters is 2. The first kappa shape index (κ1) is 17.2. The number of hydrogen-bond acceptors (Lipinski definition) is 6. The van der Waals surface area contributed by atoms with E-state index in [1.165, 1.54) is 7.11 Å². The van der Waals surface area contributed by atoms with Gasteiger partial charge in [0.25, 0.3) is 0 Å². The Bertz CT molecular complexity index is 269. The van der Waals surface area contributed by atoms with Gasteiger partial charge in [0.15, 0.2) is 0 Å². The summed E-state index contributed by atoms with van der Waals surface area (Å²) in [5.41, 5.74) is 5.24. The molecule has 0 rings (SSSR count). The molecule has 0 bridgehead atoms. The van der Waals surface area contributed by atoms with Crippen molar-refractivity contribution in [3.05, 3.63) is 0 Å². The summed E-state index contributed by atoms with van der Waals surface area (Å²) in [5.74, 6) is 0.264. The zero-order valence-electron chi connectivity index (χ0n) is 11.4. The van der Waals surface area contributed by atoms with Crippen LogP contribution in [0.1, 0.15) is 33.1 Å². The monoisotopic (exact) mass is 277 g/mol. The molecule has 5 nitrogen and oxygen atoms in total. The Morgan fingerprint density at radius 1 is 1.22 bits per heavy atom. The van der Waals surface area contributed by atoms with Gasteiger partial charge < -0.3 is 15.2 Å². The number of thioether (sulfide) groups is 1. The van der Waals surface area contributed by atoms with Crippen LogP contribution in [0, 0.1) is 0 Å². The van der Waals surface area contributed by atoms with Crippen LogP contribution < -0.4 is 5.73 Å². The third-order valence-electron chi connectivity index (χ3n) is 2.34. The van der Waals surface area contributed by atoms with Crippen molar-refractivity contribution in [1.29, 1.82) is 0 Å². The molecule has 0 aliphatic carbocycles. The average Bonchev–Trinajstić information content (AvgIpc) is 2.33. The van der Waals surface area contributed by atoms with E-state index in [4.69, 9.17) is 10.5 Å². The molecule has 2 N–H and O–H groups in total. The van der Waals surface area contributed by atoms with Crippen molar-refractivity contribution >= 4 is 23.7 Å². The van der Waals surface area contributed by atoms with Crippen molar-refractivity contribution in [2.45, 2.75) is 37.9 Å². The molecule has 0 aromatic heterocycles. The zero-order chi connectivity index (χ0) is 14.0. The molecule has 0 aromatic rings. The Morgan fingerprint density at radius 2 is 1.89 bits per heavy atom. The van der Waals surface area contributed by atoms with Gasteiger partial charge in [0.2, 0.25) is 0 Å². The first-order valence-electron chi connectivity index (χ1n) is 5.98. The van der Waals surface area contributed by atoms with Gasteiger partial charge in [-0.2, -0.15) is 11.8 Å². The lowest BCUT2D eigenvalue weighted by Gasteiger charge is -2.23. The highest BCUT2D eigenvalue weighted by Crippen LogP contribution is 2.30. The fourth-order valence-electron chi connectivity index (χ4n) is 1.23. The summed E-state index contributed by atoms with van der Waals surface area (Å²) in [6.07, 6.45) is 1.47. The van der Waals surface area contributed by atoms with Crippen LogP contribution in [0.2, 0.25) is 0 Å². The molecule has 0 aliphatic heterocycles. The molecule has 0 unspecified atom stereocenters. The second kappa shape index (κ2) is 9.22. The molecule has 0 aromatic carbocycles. The van der Waals surface area contributed by atoms with E-state index < -0.39 is 0 Å². The lowest BCUT2D eigenvalue weighted by atomic mass is 10.1. The van der Waals surface area contributed by atoms with E-state index in [2.05, 4.69) is 4.74 Å². The summed E-state index contributed by atoms with van der Waals surface area (Å²) in [6, 6.07) is 0. The molecule has 0 aliphatic rings. The molecule has 0 atom stereocenters. The van der Waals surface area contributed by atoms with Gasteiger partial charge in [0, 0.05) is 23.5 Å². The number of rotatable bonds is 9. The van der Waals surface area contributed by atoms with Gasteiger partial charge in [-0.15, -0.1) is 0 Å². The van der Waals surface area contributed by atoms with Crippen LogP contribution in [0.5, 0.6) is 0 Å². The van der Waals surface area contributed by atoms with E-state index in [0.717, 1.165) is 0 Å². The number of hydrogen-bond donors (Lipinski definition) is 1. The summed E-state index contributed by atoms with van der Waals surface area (Å²) in [5, 5.41) is 0. The van der Waals surface area contributed by atoms with Crippen LogP contribution in [-0.2, 0) is 19.1 Å². The van der Waals surface area contributed by atoms with Gasteiger partial charge in [0.05, 0.1) is 13.5 Å². The van der Waals surface area contributed by atoms with Crippen molar-refractivity contribution in [2.24, 2.45) is 5.73 Å². The third kappa shape index (κ3) is 9.30. The van der Waals surface area contributed by atoms with E-state index in [1.807, 2.05) is 13.8 Å². The highest BCUT2D eigenvalue weighted by atomic mass is 32.2. The predicted molar refractivity (Wildman–Crippen MR) is 72.4 cm³/mol. The smallest absolute Gasteiger partial charge is 0.306 e. The molecule has 0 saturated carbocycles. The van der Waals surface area contributed by atoms with Gasteiger partial charge >= 0.3 is 11.9 Å². The topological polar surface area (TPSA) is 78.6 Å². The van der Waals surface area contributed by atoms with E-state index in [0.29, 0.717) is 31.6 Å². The molecule has 106 valence electrons. The molecule has 6 heteroatoms. The van der Waals surface area contributed by atoms with Crippen LogP contribution >= 0.6 is 11.8 Å². The fourth-order valence-corrected chi connectivity index (χ4v) is 2.30. The van der Waals surface area contributed by atoms with Crippen molar-refractivity contribution in [1.82, 2.24) is 0 Å². The van der Waals surface area contributed by atoms with Crippen LogP contribution in [0.3, 0.4) is 0 Å². The molecule has 0 heterocycles.